The molecule has 0 saturated heterocycles. The van der Waals surface area contributed by atoms with Gasteiger partial charge in [0.05, 0.1) is 0 Å². The van der Waals surface area contributed by atoms with Gasteiger partial charge in [-0.2, -0.15) is 0 Å². The maximum atomic E-state index is 6.06. The molecule has 0 aliphatic rings. The maximum Gasteiger partial charge on any atom is 0.138 e. The standard InChI is InChI=1S/C13H15Cl2N3S/c1-9(2)18(8-12-13(15)19-17-16-12)7-10-4-3-5-11(14)6-10/h3-6,9H,7-8H2,1-2H3. The van der Waals surface area contributed by atoms with Gasteiger partial charge in [0.2, 0.25) is 0 Å². The van der Waals surface area contributed by atoms with Crippen LogP contribution >= 0.6 is 34.7 Å². The average molecular weight is 316 g/mol. The lowest BCUT2D eigenvalue weighted by Gasteiger charge is -2.25. The summed E-state index contributed by atoms with van der Waals surface area (Å²) in [7, 11) is 0. The highest BCUT2D eigenvalue weighted by Gasteiger charge is 2.15. The third-order valence-electron chi connectivity index (χ3n) is 2.87. The molecule has 102 valence electrons. The summed E-state index contributed by atoms with van der Waals surface area (Å²) < 4.78 is 4.53. The molecule has 0 spiro atoms. The molecular weight excluding hydrogens is 301 g/mol. The van der Waals surface area contributed by atoms with E-state index in [1.165, 1.54) is 17.1 Å². The van der Waals surface area contributed by atoms with Gasteiger partial charge in [-0.25, -0.2) is 0 Å². The van der Waals surface area contributed by atoms with Crippen LogP contribution in [0, 0.1) is 0 Å². The van der Waals surface area contributed by atoms with E-state index in [-0.39, 0.29) is 0 Å². The molecule has 19 heavy (non-hydrogen) atoms. The van der Waals surface area contributed by atoms with Crippen molar-refractivity contribution in [2.45, 2.75) is 33.0 Å². The third kappa shape index (κ3) is 4.14. The Morgan fingerprint density at radius 3 is 2.63 bits per heavy atom. The molecule has 6 heteroatoms. The molecule has 1 heterocycles. The van der Waals surface area contributed by atoms with Crippen LogP contribution in [0.15, 0.2) is 24.3 Å². The van der Waals surface area contributed by atoms with E-state index in [4.69, 9.17) is 23.2 Å². The van der Waals surface area contributed by atoms with Crippen LogP contribution in [0.2, 0.25) is 9.36 Å². The van der Waals surface area contributed by atoms with Gasteiger partial charge in [-0.05, 0) is 31.5 Å². The molecule has 0 aliphatic carbocycles. The minimum Gasteiger partial charge on any atom is -0.291 e. The number of hydrogen-bond acceptors (Lipinski definition) is 4. The van der Waals surface area contributed by atoms with Gasteiger partial charge < -0.3 is 0 Å². The number of aromatic nitrogens is 2. The molecule has 0 fully saturated rings. The molecule has 0 bridgehead atoms. The number of hydrogen-bond donors (Lipinski definition) is 0. The van der Waals surface area contributed by atoms with E-state index in [0.29, 0.717) is 16.9 Å². The molecular formula is C13H15Cl2N3S. The highest BCUT2D eigenvalue weighted by Crippen LogP contribution is 2.21. The van der Waals surface area contributed by atoms with Gasteiger partial charge in [0.15, 0.2) is 0 Å². The molecule has 0 saturated carbocycles. The Hall–Kier alpha value is -0.680. The molecule has 1 aromatic heterocycles. The van der Waals surface area contributed by atoms with Gasteiger partial charge in [0.25, 0.3) is 0 Å². The van der Waals surface area contributed by atoms with E-state index in [2.05, 4.69) is 34.4 Å². The van der Waals surface area contributed by atoms with Crippen molar-refractivity contribution in [3.8, 4) is 0 Å². The fraction of sp³-hybridized carbons (Fsp3) is 0.385. The molecule has 0 aliphatic heterocycles. The Morgan fingerprint density at radius 2 is 2.05 bits per heavy atom. The summed E-state index contributed by atoms with van der Waals surface area (Å²) in [6.45, 7) is 5.81. The zero-order valence-corrected chi connectivity index (χ0v) is 13.1. The van der Waals surface area contributed by atoms with E-state index in [9.17, 15) is 0 Å². The van der Waals surface area contributed by atoms with Gasteiger partial charge in [0.1, 0.15) is 10.0 Å². The lowest BCUT2D eigenvalue weighted by molar-refractivity contribution is 0.201. The lowest BCUT2D eigenvalue weighted by Crippen LogP contribution is -2.30. The largest absolute Gasteiger partial charge is 0.291 e. The van der Waals surface area contributed by atoms with Crippen molar-refractivity contribution in [3.05, 3.63) is 44.9 Å². The minimum atomic E-state index is 0.386. The molecule has 0 radical (unpaired) electrons. The van der Waals surface area contributed by atoms with Crippen LogP contribution in [-0.2, 0) is 13.1 Å². The van der Waals surface area contributed by atoms with E-state index >= 15 is 0 Å². The van der Waals surface area contributed by atoms with Crippen LogP contribution in [0.1, 0.15) is 25.1 Å². The smallest absolute Gasteiger partial charge is 0.138 e. The summed E-state index contributed by atoms with van der Waals surface area (Å²) in [5.74, 6) is 0. The first-order valence-corrected chi connectivity index (χ1v) is 7.54. The Labute approximate surface area is 127 Å². The third-order valence-corrected chi connectivity index (χ3v) is 4.09. The molecule has 0 amide bonds. The first kappa shape index (κ1) is 14.7. The summed E-state index contributed by atoms with van der Waals surface area (Å²) in [4.78, 5) is 2.29. The molecule has 0 atom stereocenters. The SMILES string of the molecule is CC(C)N(Cc1cccc(Cl)c1)Cc1nnsc1Cl. The van der Waals surface area contributed by atoms with Gasteiger partial charge in [-0.15, -0.1) is 5.10 Å². The molecule has 3 nitrogen and oxygen atoms in total. The lowest BCUT2D eigenvalue weighted by atomic mass is 10.2. The van der Waals surface area contributed by atoms with Crippen LogP contribution in [-0.4, -0.2) is 20.5 Å². The number of nitrogens with zero attached hydrogens (tertiary/aromatic N) is 3. The van der Waals surface area contributed by atoms with Crippen LogP contribution in [0.3, 0.4) is 0 Å². The quantitative estimate of drug-likeness (QED) is 0.825. The minimum absolute atomic E-state index is 0.386. The molecule has 0 unspecified atom stereocenters. The summed E-state index contributed by atoms with van der Waals surface area (Å²) in [6, 6.07) is 8.29. The summed E-state index contributed by atoms with van der Waals surface area (Å²) in [6.07, 6.45) is 0. The zero-order chi connectivity index (χ0) is 13.8. The maximum absolute atomic E-state index is 6.06. The fourth-order valence-corrected chi connectivity index (χ4v) is 2.60. The van der Waals surface area contributed by atoms with Crippen molar-refractivity contribution >= 4 is 34.7 Å². The van der Waals surface area contributed by atoms with E-state index < -0.39 is 0 Å². The normalized spacial score (nSPS) is 11.5. The second kappa shape index (κ2) is 6.66. The Kier molecular flexibility index (Phi) is 5.16. The van der Waals surface area contributed by atoms with Crippen molar-refractivity contribution in [1.82, 2.24) is 14.5 Å². The average Bonchev–Trinajstić information content (AvgIpc) is 2.74. The summed E-state index contributed by atoms with van der Waals surface area (Å²) in [5, 5.41) is 4.82. The molecule has 2 rings (SSSR count). The van der Waals surface area contributed by atoms with E-state index in [1.807, 2.05) is 18.2 Å². The topological polar surface area (TPSA) is 29.0 Å². The highest BCUT2D eigenvalue weighted by molar-refractivity contribution is 7.10. The summed E-state index contributed by atoms with van der Waals surface area (Å²) in [5.41, 5.74) is 2.02. The Morgan fingerprint density at radius 1 is 1.26 bits per heavy atom. The second-order valence-electron chi connectivity index (χ2n) is 4.62. The Bertz CT molecular complexity index is 542. The number of halogens is 2. The van der Waals surface area contributed by atoms with Gasteiger partial charge in [-0.1, -0.05) is 39.8 Å². The van der Waals surface area contributed by atoms with Gasteiger partial charge in [-0.3, -0.25) is 4.90 Å². The van der Waals surface area contributed by atoms with Crippen LogP contribution in [0.25, 0.3) is 0 Å². The van der Waals surface area contributed by atoms with Crippen LogP contribution in [0.4, 0.5) is 0 Å². The summed E-state index contributed by atoms with van der Waals surface area (Å²) >= 11 is 13.3. The number of benzene rings is 1. The first-order chi connectivity index (χ1) is 9.06. The second-order valence-corrected chi connectivity index (χ2v) is 6.41. The van der Waals surface area contributed by atoms with Crippen molar-refractivity contribution in [2.75, 3.05) is 0 Å². The highest BCUT2D eigenvalue weighted by atomic mass is 35.5. The molecule has 2 aromatic rings. The monoisotopic (exact) mass is 315 g/mol. The molecule has 0 N–H and O–H groups in total. The zero-order valence-electron chi connectivity index (χ0n) is 10.8. The van der Waals surface area contributed by atoms with Crippen molar-refractivity contribution in [1.29, 1.82) is 0 Å². The Balaban J connectivity index is 2.11. The van der Waals surface area contributed by atoms with Crippen LogP contribution < -0.4 is 0 Å². The van der Waals surface area contributed by atoms with Gasteiger partial charge in [0, 0.05) is 35.7 Å². The van der Waals surface area contributed by atoms with Crippen molar-refractivity contribution in [2.24, 2.45) is 0 Å². The van der Waals surface area contributed by atoms with Crippen LogP contribution in [0.5, 0.6) is 0 Å². The van der Waals surface area contributed by atoms with Crippen molar-refractivity contribution < 1.29 is 0 Å². The van der Waals surface area contributed by atoms with E-state index in [1.54, 1.807) is 0 Å². The van der Waals surface area contributed by atoms with Crippen molar-refractivity contribution in [3.63, 3.8) is 0 Å². The fourth-order valence-electron chi connectivity index (χ4n) is 1.77. The van der Waals surface area contributed by atoms with Gasteiger partial charge >= 0.3 is 0 Å². The van der Waals surface area contributed by atoms with E-state index in [0.717, 1.165) is 17.3 Å². The predicted molar refractivity (Wildman–Crippen MR) is 80.8 cm³/mol. The molecule has 1 aromatic carbocycles. The number of rotatable bonds is 5. The first-order valence-electron chi connectivity index (χ1n) is 6.01. The predicted octanol–water partition coefficient (Wildman–Crippen LogP) is 4.26.